The fourth-order valence-corrected chi connectivity index (χ4v) is 2.25. The van der Waals surface area contributed by atoms with Crippen LogP contribution in [0.25, 0.3) is 0 Å². The molecule has 0 bridgehead atoms. The Morgan fingerprint density at radius 1 is 1.13 bits per heavy atom. The number of rotatable bonds is 4. The van der Waals surface area contributed by atoms with Crippen LogP contribution < -0.4 is 10.6 Å². The first-order valence-corrected chi connectivity index (χ1v) is 7.70. The highest BCUT2D eigenvalue weighted by Gasteiger charge is 2.27. The summed E-state index contributed by atoms with van der Waals surface area (Å²) in [6.45, 7) is 6.04. The van der Waals surface area contributed by atoms with Gasteiger partial charge < -0.3 is 10.6 Å². The maximum absolute atomic E-state index is 13.8. The molecule has 1 aliphatic carbocycles. The Kier molecular flexibility index (Phi) is 3.92. The second-order valence-corrected chi connectivity index (χ2v) is 6.88. The SMILES string of the molecule is CC(C)(C)Nc1nc(Nc2cccc(F)c2F)cc(C2CC2)n1. The quantitative estimate of drug-likeness (QED) is 0.866. The highest BCUT2D eigenvalue weighted by molar-refractivity contribution is 5.59. The summed E-state index contributed by atoms with van der Waals surface area (Å²) in [5.41, 5.74) is 0.794. The van der Waals surface area contributed by atoms with Gasteiger partial charge in [0.2, 0.25) is 5.95 Å². The number of aromatic nitrogens is 2. The van der Waals surface area contributed by atoms with Crippen LogP contribution in [0.4, 0.5) is 26.2 Å². The third-order valence-electron chi connectivity index (χ3n) is 3.44. The molecular weight excluding hydrogens is 298 g/mol. The average molecular weight is 318 g/mol. The largest absolute Gasteiger partial charge is 0.350 e. The Bertz CT molecular complexity index is 721. The van der Waals surface area contributed by atoms with E-state index >= 15 is 0 Å². The first kappa shape index (κ1) is 15.6. The minimum Gasteiger partial charge on any atom is -0.350 e. The van der Waals surface area contributed by atoms with E-state index in [0.717, 1.165) is 24.6 Å². The predicted octanol–water partition coefficient (Wildman–Crippen LogP) is 4.59. The van der Waals surface area contributed by atoms with Gasteiger partial charge in [0.15, 0.2) is 11.6 Å². The van der Waals surface area contributed by atoms with Crippen molar-refractivity contribution in [1.82, 2.24) is 9.97 Å². The van der Waals surface area contributed by atoms with Gasteiger partial charge in [0.25, 0.3) is 0 Å². The molecule has 3 rings (SSSR count). The van der Waals surface area contributed by atoms with E-state index in [9.17, 15) is 8.78 Å². The van der Waals surface area contributed by atoms with Gasteiger partial charge in [0, 0.05) is 17.5 Å². The number of halogens is 2. The Morgan fingerprint density at radius 2 is 1.87 bits per heavy atom. The van der Waals surface area contributed by atoms with Crippen LogP contribution in [0.1, 0.15) is 45.2 Å². The van der Waals surface area contributed by atoms with Crippen molar-refractivity contribution in [3.05, 3.63) is 41.6 Å². The highest BCUT2D eigenvalue weighted by atomic mass is 19.2. The van der Waals surface area contributed by atoms with Crippen molar-refractivity contribution in [2.75, 3.05) is 10.6 Å². The molecule has 0 spiro atoms. The van der Waals surface area contributed by atoms with Gasteiger partial charge in [-0.2, -0.15) is 4.98 Å². The van der Waals surface area contributed by atoms with Crippen molar-refractivity contribution in [2.45, 2.75) is 45.1 Å². The summed E-state index contributed by atoms with van der Waals surface area (Å²) >= 11 is 0. The minimum atomic E-state index is -0.913. The summed E-state index contributed by atoms with van der Waals surface area (Å²) in [5.74, 6) is -0.431. The van der Waals surface area contributed by atoms with E-state index in [2.05, 4.69) is 20.6 Å². The van der Waals surface area contributed by atoms with Gasteiger partial charge in [0.1, 0.15) is 5.82 Å². The number of nitrogens with zero attached hydrogens (tertiary/aromatic N) is 2. The predicted molar refractivity (Wildman–Crippen MR) is 87.0 cm³/mol. The van der Waals surface area contributed by atoms with Gasteiger partial charge in [-0.25, -0.2) is 13.8 Å². The number of benzene rings is 1. The molecule has 1 heterocycles. The van der Waals surface area contributed by atoms with E-state index in [1.807, 2.05) is 20.8 Å². The molecule has 1 aliphatic rings. The van der Waals surface area contributed by atoms with Crippen molar-refractivity contribution < 1.29 is 8.78 Å². The molecule has 0 saturated heterocycles. The maximum atomic E-state index is 13.8. The van der Waals surface area contributed by atoms with Gasteiger partial charge in [-0.15, -0.1) is 0 Å². The Labute approximate surface area is 134 Å². The van der Waals surface area contributed by atoms with E-state index in [1.165, 1.54) is 12.1 Å². The van der Waals surface area contributed by atoms with Crippen LogP contribution in [0.3, 0.4) is 0 Å². The monoisotopic (exact) mass is 318 g/mol. The van der Waals surface area contributed by atoms with Crippen LogP contribution >= 0.6 is 0 Å². The van der Waals surface area contributed by atoms with E-state index in [4.69, 9.17) is 0 Å². The molecule has 6 heteroatoms. The van der Waals surface area contributed by atoms with Crippen molar-refractivity contribution in [3.8, 4) is 0 Å². The van der Waals surface area contributed by atoms with E-state index in [-0.39, 0.29) is 11.2 Å². The normalized spacial score (nSPS) is 14.7. The Balaban J connectivity index is 1.92. The topological polar surface area (TPSA) is 49.8 Å². The molecule has 2 N–H and O–H groups in total. The molecule has 4 nitrogen and oxygen atoms in total. The molecule has 0 unspecified atom stereocenters. The molecule has 0 amide bonds. The first-order chi connectivity index (χ1) is 10.8. The molecule has 1 aromatic heterocycles. The Morgan fingerprint density at radius 3 is 2.52 bits per heavy atom. The second kappa shape index (κ2) is 5.76. The second-order valence-electron chi connectivity index (χ2n) is 6.88. The highest BCUT2D eigenvalue weighted by Crippen LogP contribution is 2.40. The number of anilines is 3. The molecule has 23 heavy (non-hydrogen) atoms. The first-order valence-electron chi connectivity index (χ1n) is 7.70. The van der Waals surface area contributed by atoms with Gasteiger partial charge in [0.05, 0.1) is 11.4 Å². The molecule has 122 valence electrons. The van der Waals surface area contributed by atoms with E-state index in [0.29, 0.717) is 17.7 Å². The van der Waals surface area contributed by atoms with Crippen molar-refractivity contribution >= 4 is 17.5 Å². The third kappa shape index (κ3) is 3.94. The molecule has 1 fully saturated rings. The lowest BCUT2D eigenvalue weighted by Crippen LogP contribution is -2.27. The lowest BCUT2D eigenvalue weighted by atomic mass is 10.1. The zero-order valence-corrected chi connectivity index (χ0v) is 13.5. The summed E-state index contributed by atoms with van der Waals surface area (Å²) in [6, 6.07) is 5.82. The average Bonchev–Trinajstić information content (AvgIpc) is 3.26. The van der Waals surface area contributed by atoms with Crippen LogP contribution in [0, 0.1) is 11.6 Å². The summed E-state index contributed by atoms with van der Waals surface area (Å²) in [4.78, 5) is 8.90. The molecule has 1 aromatic carbocycles. The van der Waals surface area contributed by atoms with Gasteiger partial charge in [-0.1, -0.05) is 6.07 Å². The van der Waals surface area contributed by atoms with E-state index in [1.54, 1.807) is 6.07 Å². The molecule has 0 aliphatic heterocycles. The summed E-state index contributed by atoms with van der Waals surface area (Å²) in [5, 5.41) is 6.08. The third-order valence-corrected chi connectivity index (χ3v) is 3.44. The molecular formula is C17H20F2N4. The van der Waals surface area contributed by atoms with Gasteiger partial charge in [-0.05, 0) is 45.7 Å². The summed E-state index contributed by atoms with van der Waals surface area (Å²) in [7, 11) is 0. The van der Waals surface area contributed by atoms with Gasteiger partial charge in [-0.3, -0.25) is 0 Å². The minimum absolute atomic E-state index is 0.0622. The van der Waals surface area contributed by atoms with Crippen LogP contribution in [0.15, 0.2) is 24.3 Å². The molecule has 0 atom stereocenters. The Hall–Kier alpha value is -2.24. The van der Waals surface area contributed by atoms with Crippen molar-refractivity contribution in [1.29, 1.82) is 0 Å². The van der Waals surface area contributed by atoms with E-state index < -0.39 is 11.6 Å². The number of hydrogen-bond acceptors (Lipinski definition) is 4. The fraction of sp³-hybridized carbons (Fsp3) is 0.412. The summed E-state index contributed by atoms with van der Waals surface area (Å²) in [6.07, 6.45) is 2.19. The van der Waals surface area contributed by atoms with Crippen LogP contribution in [0.5, 0.6) is 0 Å². The number of nitrogens with one attached hydrogen (secondary N) is 2. The summed E-state index contributed by atoms with van der Waals surface area (Å²) < 4.78 is 27.2. The fourth-order valence-electron chi connectivity index (χ4n) is 2.25. The van der Waals surface area contributed by atoms with Crippen LogP contribution in [-0.2, 0) is 0 Å². The maximum Gasteiger partial charge on any atom is 0.225 e. The zero-order chi connectivity index (χ0) is 16.6. The molecule has 1 saturated carbocycles. The lowest BCUT2D eigenvalue weighted by molar-refractivity contribution is 0.511. The van der Waals surface area contributed by atoms with Crippen molar-refractivity contribution in [3.63, 3.8) is 0 Å². The van der Waals surface area contributed by atoms with Gasteiger partial charge >= 0.3 is 0 Å². The standard InChI is InChI=1S/C17H20F2N4/c1-17(2,3)23-16-21-13(10-7-8-10)9-14(22-16)20-12-6-4-5-11(18)15(12)19/h4-6,9-10H,7-8H2,1-3H3,(H2,20,21,22,23). The molecule has 0 radical (unpaired) electrons. The molecule has 2 aromatic rings. The van der Waals surface area contributed by atoms with Crippen LogP contribution in [0.2, 0.25) is 0 Å². The van der Waals surface area contributed by atoms with Crippen LogP contribution in [-0.4, -0.2) is 15.5 Å². The van der Waals surface area contributed by atoms with Crippen molar-refractivity contribution in [2.24, 2.45) is 0 Å². The lowest BCUT2D eigenvalue weighted by Gasteiger charge is -2.21. The zero-order valence-electron chi connectivity index (χ0n) is 13.5. The smallest absolute Gasteiger partial charge is 0.225 e. The number of hydrogen-bond donors (Lipinski definition) is 2.